The number of aliphatic imine (C=N–C) groups is 1. The summed E-state index contributed by atoms with van der Waals surface area (Å²) < 4.78 is 0. The highest BCUT2D eigenvalue weighted by Gasteiger charge is 2.24. The molecule has 0 saturated heterocycles. The maximum absolute atomic E-state index is 11.0. The van der Waals surface area contributed by atoms with E-state index in [0.717, 1.165) is 0 Å². The number of allylic oxidation sites excluding steroid dienone is 1. The van der Waals surface area contributed by atoms with E-state index < -0.39 is 0 Å². The minimum atomic E-state index is 0.0658. The van der Waals surface area contributed by atoms with Crippen molar-refractivity contribution in [2.75, 3.05) is 0 Å². The fourth-order valence-corrected chi connectivity index (χ4v) is 2.35. The highest BCUT2D eigenvalue weighted by Crippen LogP contribution is 2.37. The van der Waals surface area contributed by atoms with Crippen LogP contribution in [-0.4, -0.2) is 17.7 Å². The lowest BCUT2D eigenvalue weighted by Gasteiger charge is -2.28. The molecular formula is C10H16NOP. The van der Waals surface area contributed by atoms with Gasteiger partial charge >= 0.3 is 0 Å². The molecular weight excluding hydrogens is 181 g/mol. The molecule has 0 fully saturated rings. The van der Waals surface area contributed by atoms with E-state index in [-0.39, 0.29) is 11.2 Å². The number of Topliss-reactive ketones (excluding diaryl/α,β-unsaturated/α-hetero) is 1. The second kappa shape index (κ2) is 3.71. The number of carbonyl (C=O) groups is 1. The topological polar surface area (TPSA) is 29.4 Å². The fraction of sp³-hybridized carbons (Fsp3) is 0.600. The zero-order valence-electron chi connectivity index (χ0n) is 8.59. The Balaban J connectivity index is 2.69. The summed E-state index contributed by atoms with van der Waals surface area (Å²) in [6.45, 7) is 8.15. The van der Waals surface area contributed by atoms with Crippen molar-refractivity contribution in [2.45, 2.75) is 33.4 Å². The van der Waals surface area contributed by atoms with Gasteiger partial charge < -0.3 is 0 Å². The molecule has 0 saturated carbocycles. The van der Waals surface area contributed by atoms with Gasteiger partial charge in [0.15, 0.2) is 5.78 Å². The average molecular weight is 197 g/mol. The third-order valence-electron chi connectivity index (χ3n) is 2.06. The Labute approximate surface area is 81.3 Å². The van der Waals surface area contributed by atoms with Gasteiger partial charge in [-0.05, 0) is 11.2 Å². The molecule has 0 spiro atoms. The number of nitrogens with zero attached hydrogens (tertiary/aromatic N) is 1. The van der Waals surface area contributed by atoms with Gasteiger partial charge in [0.2, 0.25) is 0 Å². The van der Waals surface area contributed by atoms with Crippen LogP contribution in [0, 0.1) is 5.41 Å². The summed E-state index contributed by atoms with van der Waals surface area (Å²) in [6, 6.07) is 0. The molecule has 1 aliphatic rings. The SMILES string of the molecule is CC(=O)C1=CPC(C(C)(C)C)C=N1. The molecule has 0 aliphatic carbocycles. The van der Waals surface area contributed by atoms with Crippen molar-refractivity contribution in [3.63, 3.8) is 0 Å². The lowest BCUT2D eigenvalue weighted by atomic mass is 9.92. The van der Waals surface area contributed by atoms with Crippen LogP contribution in [0.15, 0.2) is 16.5 Å². The lowest BCUT2D eigenvalue weighted by Crippen LogP contribution is -2.24. The van der Waals surface area contributed by atoms with Gasteiger partial charge in [0.05, 0.1) is 0 Å². The van der Waals surface area contributed by atoms with Gasteiger partial charge in [0, 0.05) is 18.8 Å². The summed E-state index contributed by atoms with van der Waals surface area (Å²) in [5.74, 6) is 2.04. The minimum absolute atomic E-state index is 0.0658. The van der Waals surface area contributed by atoms with Crippen LogP contribution in [0.1, 0.15) is 27.7 Å². The molecule has 2 nitrogen and oxygen atoms in total. The zero-order chi connectivity index (χ0) is 10.1. The molecule has 72 valence electrons. The van der Waals surface area contributed by atoms with Crippen molar-refractivity contribution < 1.29 is 4.79 Å². The van der Waals surface area contributed by atoms with Gasteiger partial charge in [0.25, 0.3) is 0 Å². The Bertz CT molecular complexity index is 273. The van der Waals surface area contributed by atoms with Crippen molar-refractivity contribution in [3.8, 4) is 0 Å². The van der Waals surface area contributed by atoms with Gasteiger partial charge in [0.1, 0.15) is 5.70 Å². The van der Waals surface area contributed by atoms with Gasteiger partial charge in [-0.15, -0.1) is 0 Å². The van der Waals surface area contributed by atoms with Crippen molar-refractivity contribution >= 4 is 20.6 Å². The fourth-order valence-electron chi connectivity index (χ4n) is 1.07. The maximum Gasteiger partial charge on any atom is 0.178 e. The number of hydrogen-bond donors (Lipinski definition) is 0. The first-order valence-electron chi connectivity index (χ1n) is 4.42. The largest absolute Gasteiger partial charge is 0.293 e. The molecule has 2 unspecified atom stereocenters. The summed E-state index contributed by atoms with van der Waals surface area (Å²) in [7, 11) is 0.685. The number of ketones is 1. The molecule has 13 heavy (non-hydrogen) atoms. The van der Waals surface area contributed by atoms with Crippen molar-refractivity contribution in [2.24, 2.45) is 10.4 Å². The van der Waals surface area contributed by atoms with Crippen molar-refractivity contribution in [3.05, 3.63) is 11.5 Å². The van der Waals surface area contributed by atoms with Crippen LogP contribution in [0.5, 0.6) is 0 Å². The normalized spacial score (nSPS) is 24.6. The zero-order valence-corrected chi connectivity index (χ0v) is 9.59. The molecule has 0 aromatic rings. The van der Waals surface area contributed by atoms with Crippen molar-refractivity contribution in [1.82, 2.24) is 0 Å². The Morgan fingerprint density at radius 1 is 1.54 bits per heavy atom. The van der Waals surface area contributed by atoms with Crippen LogP contribution < -0.4 is 0 Å². The maximum atomic E-state index is 11.0. The van der Waals surface area contributed by atoms with E-state index in [1.807, 2.05) is 12.0 Å². The first-order chi connectivity index (χ1) is 5.91. The quantitative estimate of drug-likeness (QED) is 0.594. The summed E-state index contributed by atoms with van der Waals surface area (Å²) >= 11 is 0. The summed E-state index contributed by atoms with van der Waals surface area (Å²) in [5, 5.41) is 0. The van der Waals surface area contributed by atoms with E-state index in [9.17, 15) is 4.79 Å². The molecule has 1 aliphatic heterocycles. The number of carbonyl (C=O) groups excluding carboxylic acids is 1. The third kappa shape index (κ3) is 2.73. The molecule has 0 aromatic carbocycles. The second-order valence-corrected chi connectivity index (χ2v) is 5.62. The van der Waals surface area contributed by atoms with Gasteiger partial charge in [-0.25, -0.2) is 0 Å². The van der Waals surface area contributed by atoms with Gasteiger partial charge in [-0.1, -0.05) is 29.4 Å². The highest BCUT2D eigenvalue weighted by atomic mass is 31.1. The number of rotatable bonds is 1. The molecule has 0 amide bonds. The summed E-state index contributed by atoms with van der Waals surface area (Å²) in [4.78, 5) is 15.1. The van der Waals surface area contributed by atoms with Crippen molar-refractivity contribution in [1.29, 1.82) is 0 Å². The Morgan fingerprint density at radius 2 is 2.15 bits per heavy atom. The average Bonchev–Trinajstić information content (AvgIpc) is 2.03. The first-order valence-corrected chi connectivity index (χ1v) is 5.58. The molecule has 0 N–H and O–H groups in total. The lowest BCUT2D eigenvalue weighted by molar-refractivity contribution is -0.113. The van der Waals surface area contributed by atoms with E-state index in [1.165, 1.54) is 0 Å². The summed E-state index contributed by atoms with van der Waals surface area (Å²) in [6.07, 6.45) is 1.93. The predicted octanol–water partition coefficient (Wildman–Crippen LogP) is 2.59. The molecule has 1 heterocycles. The molecule has 3 heteroatoms. The van der Waals surface area contributed by atoms with Crippen LogP contribution in [0.25, 0.3) is 0 Å². The van der Waals surface area contributed by atoms with E-state index in [1.54, 1.807) is 6.92 Å². The van der Waals surface area contributed by atoms with Crippen LogP contribution in [0.2, 0.25) is 0 Å². The van der Waals surface area contributed by atoms with Crippen LogP contribution in [0.4, 0.5) is 0 Å². The Morgan fingerprint density at radius 3 is 2.46 bits per heavy atom. The van der Waals surface area contributed by atoms with E-state index in [2.05, 4.69) is 25.8 Å². The smallest absolute Gasteiger partial charge is 0.178 e. The minimum Gasteiger partial charge on any atom is -0.293 e. The van der Waals surface area contributed by atoms with Crippen LogP contribution >= 0.6 is 8.58 Å². The second-order valence-electron chi connectivity index (χ2n) is 4.37. The van der Waals surface area contributed by atoms with E-state index in [4.69, 9.17) is 0 Å². The molecule has 1 rings (SSSR count). The molecule has 0 aromatic heterocycles. The van der Waals surface area contributed by atoms with E-state index in [0.29, 0.717) is 19.9 Å². The van der Waals surface area contributed by atoms with Gasteiger partial charge in [-0.3, -0.25) is 9.79 Å². The monoisotopic (exact) mass is 197 g/mol. The summed E-state index contributed by atoms with van der Waals surface area (Å²) in [5.41, 5.74) is 1.36. The number of hydrogen-bond acceptors (Lipinski definition) is 2. The third-order valence-corrected chi connectivity index (χ3v) is 3.87. The Kier molecular flexibility index (Phi) is 3.02. The predicted molar refractivity (Wildman–Crippen MR) is 58.8 cm³/mol. The standard InChI is InChI=1S/C10H16NOP/c1-7(12)8-6-13-9(5-11-8)10(2,3)4/h5-6,9,13H,1-4H3. The molecule has 0 bridgehead atoms. The highest BCUT2D eigenvalue weighted by molar-refractivity contribution is 7.44. The molecule has 0 radical (unpaired) electrons. The van der Waals surface area contributed by atoms with Crippen LogP contribution in [-0.2, 0) is 4.79 Å². The molecule has 2 atom stereocenters. The first kappa shape index (κ1) is 10.6. The Hall–Kier alpha value is -0.490. The van der Waals surface area contributed by atoms with Gasteiger partial charge in [-0.2, -0.15) is 0 Å². The van der Waals surface area contributed by atoms with Crippen LogP contribution in [0.3, 0.4) is 0 Å². The van der Waals surface area contributed by atoms with E-state index >= 15 is 0 Å².